The number of rotatable bonds is 7. The van der Waals surface area contributed by atoms with Crippen LogP contribution in [0.2, 0.25) is 5.02 Å². The molecule has 1 N–H and O–H groups in total. The highest BCUT2D eigenvalue weighted by atomic mass is 35.5. The third kappa shape index (κ3) is 4.71. The Morgan fingerprint density at radius 3 is 2.79 bits per heavy atom. The number of nitrogens with one attached hydrogen (secondary N) is 1. The van der Waals surface area contributed by atoms with Crippen molar-refractivity contribution < 1.29 is 19.1 Å². The number of thioether (sulfide) groups is 1. The van der Waals surface area contributed by atoms with Crippen molar-refractivity contribution in [3.8, 4) is 5.75 Å². The van der Waals surface area contributed by atoms with Crippen LogP contribution in [0.25, 0.3) is 0 Å². The van der Waals surface area contributed by atoms with Crippen molar-refractivity contribution in [1.82, 2.24) is 5.48 Å². The van der Waals surface area contributed by atoms with Crippen molar-refractivity contribution >= 4 is 29.3 Å². The number of hydrogen-bond acceptors (Lipinski definition) is 6. The molecule has 0 aromatic heterocycles. The van der Waals surface area contributed by atoms with Gasteiger partial charge in [-0.15, -0.1) is 11.8 Å². The van der Waals surface area contributed by atoms with Crippen LogP contribution in [0, 0.1) is 0 Å². The molecular weight excluding hydrogens is 410 g/mol. The van der Waals surface area contributed by atoms with Gasteiger partial charge < -0.3 is 9.47 Å². The average Bonchev–Trinajstić information content (AvgIpc) is 3.41. The van der Waals surface area contributed by atoms with Gasteiger partial charge in [0, 0.05) is 21.4 Å². The highest BCUT2D eigenvalue weighted by molar-refractivity contribution is 7.99. The number of esters is 1. The monoisotopic (exact) mass is 431 g/mol. The van der Waals surface area contributed by atoms with E-state index in [9.17, 15) is 4.79 Å². The summed E-state index contributed by atoms with van der Waals surface area (Å²) >= 11 is 7.74. The first-order valence-corrected chi connectivity index (χ1v) is 10.9. The van der Waals surface area contributed by atoms with Gasteiger partial charge in [-0.1, -0.05) is 23.7 Å². The number of halogens is 1. The summed E-state index contributed by atoms with van der Waals surface area (Å²) in [7, 11) is 1.36. The van der Waals surface area contributed by atoms with E-state index in [1.165, 1.54) is 23.1 Å². The van der Waals surface area contributed by atoms with E-state index in [0.717, 1.165) is 42.0 Å². The Kier molecular flexibility index (Phi) is 6.33. The topological polar surface area (TPSA) is 56.8 Å². The van der Waals surface area contributed by atoms with Crippen LogP contribution in [0.3, 0.4) is 0 Å². The van der Waals surface area contributed by atoms with Gasteiger partial charge in [0.2, 0.25) is 0 Å². The van der Waals surface area contributed by atoms with Crippen molar-refractivity contribution in [1.29, 1.82) is 0 Å². The summed E-state index contributed by atoms with van der Waals surface area (Å²) in [5.41, 5.74) is 7.69. The lowest BCUT2D eigenvalue weighted by Gasteiger charge is -2.13. The Morgan fingerprint density at radius 2 is 2.00 bits per heavy atom. The highest BCUT2D eigenvalue weighted by Crippen LogP contribution is 2.38. The zero-order valence-corrected chi connectivity index (χ0v) is 17.6. The number of methoxy groups -OCH3 is 1. The molecule has 4 rings (SSSR count). The summed E-state index contributed by atoms with van der Waals surface area (Å²) in [6, 6.07) is 11.7. The lowest BCUT2D eigenvalue weighted by Crippen LogP contribution is -2.13. The Hall–Kier alpha value is -2.15. The molecule has 7 heteroatoms. The molecule has 0 saturated heterocycles. The molecule has 1 heterocycles. The molecule has 1 aliphatic heterocycles. The summed E-state index contributed by atoms with van der Waals surface area (Å²) < 4.78 is 10.3. The first-order chi connectivity index (χ1) is 14.1. The van der Waals surface area contributed by atoms with Gasteiger partial charge in [-0.25, -0.2) is 4.79 Å². The van der Waals surface area contributed by atoms with E-state index < -0.39 is 0 Å². The van der Waals surface area contributed by atoms with E-state index in [-0.39, 0.29) is 18.7 Å². The van der Waals surface area contributed by atoms with Gasteiger partial charge >= 0.3 is 5.97 Å². The summed E-state index contributed by atoms with van der Waals surface area (Å²) in [5, 5.41) is 0.715. The molecule has 2 aromatic rings. The largest absolute Gasteiger partial charge is 0.482 e. The number of fused-ring (bicyclic) bond motifs is 1. The van der Waals surface area contributed by atoms with E-state index in [1.54, 1.807) is 11.8 Å². The number of carbonyl (C=O) groups excluding carboxylic acids is 1. The van der Waals surface area contributed by atoms with Crippen LogP contribution in [0.1, 0.15) is 29.2 Å². The predicted molar refractivity (Wildman–Crippen MR) is 113 cm³/mol. The van der Waals surface area contributed by atoms with Gasteiger partial charge in [-0.3, -0.25) is 10.3 Å². The molecule has 0 fully saturated rings. The van der Waals surface area contributed by atoms with E-state index in [4.69, 9.17) is 21.2 Å². The minimum atomic E-state index is -0.371. The smallest absolute Gasteiger partial charge is 0.343 e. The second kappa shape index (κ2) is 9.11. The van der Waals surface area contributed by atoms with Gasteiger partial charge in [0.15, 0.2) is 6.61 Å². The Labute approximate surface area is 179 Å². The number of carbonyl (C=O) groups is 1. The SMILES string of the molecule is COC(=O)COc1ccc(SCC2=CC(c3ccc(Cl)cc3)ON2)c2c1CCC2. The third-order valence-corrected chi connectivity index (χ3v) is 6.42. The number of hydroxylamine groups is 1. The fourth-order valence-corrected chi connectivity index (χ4v) is 4.70. The molecule has 0 saturated carbocycles. The van der Waals surface area contributed by atoms with E-state index >= 15 is 0 Å². The van der Waals surface area contributed by atoms with Crippen LogP contribution < -0.4 is 10.2 Å². The zero-order chi connectivity index (χ0) is 20.2. The van der Waals surface area contributed by atoms with Gasteiger partial charge in [-0.05, 0) is 66.3 Å². The zero-order valence-electron chi connectivity index (χ0n) is 16.1. The second-order valence-electron chi connectivity index (χ2n) is 6.91. The molecular formula is C22H22ClNO4S. The molecule has 0 spiro atoms. The van der Waals surface area contributed by atoms with Crippen molar-refractivity contribution in [2.75, 3.05) is 19.5 Å². The molecule has 0 amide bonds. The lowest BCUT2D eigenvalue weighted by molar-refractivity contribution is -0.142. The molecule has 29 heavy (non-hydrogen) atoms. The van der Waals surface area contributed by atoms with Crippen molar-refractivity contribution in [2.45, 2.75) is 30.3 Å². The van der Waals surface area contributed by atoms with Crippen LogP contribution in [0.15, 0.2) is 53.1 Å². The van der Waals surface area contributed by atoms with Crippen LogP contribution >= 0.6 is 23.4 Å². The molecule has 5 nitrogen and oxygen atoms in total. The number of ether oxygens (including phenoxy) is 2. The quantitative estimate of drug-likeness (QED) is 0.509. The molecule has 0 radical (unpaired) electrons. The van der Waals surface area contributed by atoms with Crippen LogP contribution in [0.5, 0.6) is 5.75 Å². The van der Waals surface area contributed by atoms with Crippen molar-refractivity contribution in [2.24, 2.45) is 0 Å². The van der Waals surface area contributed by atoms with Crippen molar-refractivity contribution in [3.05, 3.63) is 69.9 Å². The maximum Gasteiger partial charge on any atom is 0.343 e. The Bertz CT molecular complexity index is 929. The maximum absolute atomic E-state index is 11.4. The second-order valence-corrected chi connectivity index (χ2v) is 8.36. The molecule has 2 aromatic carbocycles. The minimum Gasteiger partial charge on any atom is -0.482 e. The van der Waals surface area contributed by atoms with Gasteiger partial charge in [-0.2, -0.15) is 0 Å². The van der Waals surface area contributed by atoms with Gasteiger partial charge in [0.05, 0.1) is 7.11 Å². The average molecular weight is 432 g/mol. The summed E-state index contributed by atoms with van der Waals surface area (Å²) in [6.45, 7) is -0.0599. The molecule has 1 aliphatic carbocycles. The standard InChI is InChI=1S/C22H22ClNO4S/c1-26-22(25)12-27-19-9-10-21(18-4-2-3-17(18)19)29-13-16-11-20(28-24-16)14-5-7-15(23)8-6-14/h5-11,20,24H,2-4,12-13H2,1H3. The number of hydrogen-bond donors (Lipinski definition) is 1. The lowest BCUT2D eigenvalue weighted by atomic mass is 10.1. The minimum absolute atomic E-state index is 0.0599. The van der Waals surface area contributed by atoms with Gasteiger partial charge in [0.1, 0.15) is 11.9 Å². The van der Waals surface area contributed by atoms with Crippen molar-refractivity contribution in [3.63, 3.8) is 0 Å². The Balaban J connectivity index is 1.41. The summed E-state index contributed by atoms with van der Waals surface area (Å²) in [6.07, 6.45) is 5.10. The predicted octanol–water partition coefficient (Wildman–Crippen LogP) is 4.63. The fourth-order valence-electron chi connectivity index (χ4n) is 3.55. The highest BCUT2D eigenvalue weighted by Gasteiger charge is 2.22. The molecule has 152 valence electrons. The molecule has 2 aliphatic rings. The summed E-state index contributed by atoms with van der Waals surface area (Å²) in [5.74, 6) is 1.21. The van der Waals surface area contributed by atoms with Crippen LogP contribution in [-0.2, 0) is 27.2 Å². The van der Waals surface area contributed by atoms with E-state index in [1.807, 2.05) is 30.3 Å². The number of benzene rings is 2. The van der Waals surface area contributed by atoms with E-state index in [2.05, 4.69) is 22.4 Å². The molecule has 1 unspecified atom stereocenters. The molecule has 0 bridgehead atoms. The fraction of sp³-hybridized carbons (Fsp3) is 0.318. The molecule has 1 atom stereocenters. The van der Waals surface area contributed by atoms with Gasteiger partial charge in [0.25, 0.3) is 0 Å². The maximum atomic E-state index is 11.4. The summed E-state index contributed by atoms with van der Waals surface area (Å²) in [4.78, 5) is 18.3. The Morgan fingerprint density at radius 1 is 1.21 bits per heavy atom. The van der Waals surface area contributed by atoms with E-state index in [0.29, 0.717) is 5.02 Å². The van der Waals surface area contributed by atoms with Crippen LogP contribution in [0.4, 0.5) is 0 Å². The first-order valence-electron chi connectivity index (χ1n) is 9.49. The van der Waals surface area contributed by atoms with Crippen LogP contribution in [-0.4, -0.2) is 25.4 Å². The first kappa shape index (κ1) is 20.1. The normalized spacial score (nSPS) is 17.4. The third-order valence-electron chi connectivity index (χ3n) is 5.02.